The molecule has 1 amide bonds. The number of nitrogens with zero attached hydrogens (tertiary/aromatic N) is 4. The lowest BCUT2D eigenvalue weighted by Gasteiger charge is -2.19. The van der Waals surface area contributed by atoms with Crippen LogP contribution in [0.4, 0.5) is 0 Å². The van der Waals surface area contributed by atoms with Crippen molar-refractivity contribution in [2.45, 2.75) is 19.4 Å². The van der Waals surface area contributed by atoms with E-state index in [-0.39, 0.29) is 18.3 Å². The van der Waals surface area contributed by atoms with Gasteiger partial charge in [0.2, 0.25) is 0 Å². The molecule has 1 aromatic carbocycles. The molecule has 0 bridgehead atoms. The normalized spacial score (nSPS) is 10.8. The third kappa shape index (κ3) is 4.01. The zero-order chi connectivity index (χ0) is 13.9. The maximum Gasteiger partial charge on any atom is 0.253 e. The van der Waals surface area contributed by atoms with Crippen LogP contribution in [0, 0.1) is 0 Å². The van der Waals surface area contributed by atoms with E-state index in [1.165, 1.54) is 11.0 Å². The Labute approximate surface area is 123 Å². The van der Waals surface area contributed by atoms with E-state index in [0.29, 0.717) is 17.8 Å². The summed E-state index contributed by atoms with van der Waals surface area (Å²) in [5.41, 5.74) is 6.51. The first kappa shape index (κ1) is 16.1. The molecule has 0 aliphatic carbocycles. The molecule has 0 atom stereocenters. The van der Waals surface area contributed by atoms with Gasteiger partial charge in [0.25, 0.3) is 5.91 Å². The Bertz CT molecular complexity index is 564. The third-order valence-corrected chi connectivity index (χ3v) is 2.45. The number of hydrogen-bond acceptors (Lipinski definition) is 5. The van der Waals surface area contributed by atoms with Crippen LogP contribution >= 0.6 is 12.4 Å². The molecular weight excluding hydrogens is 280 g/mol. The smallest absolute Gasteiger partial charge is 0.253 e. The second-order valence-corrected chi connectivity index (χ2v) is 4.94. The van der Waals surface area contributed by atoms with Crippen LogP contribution in [0.1, 0.15) is 24.2 Å². The summed E-state index contributed by atoms with van der Waals surface area (Å²) >= 11 is 0. The molecule has 0 unspecified atom stereocenters. The molecule has 20 heavy (non-hydrogen) atoms. The summed E-state index contributed by atoms with van der Waals surface area (Å²) in [6.07, 6.45) is 1.44. The summed E-state index contributed by atoms with van der Waals surface area (Å²) in [6.45, 7) is 4.08. The fourth-order valence-corrected chi connectivity index (χ4v) is 1.54. The predicted molar refractivity (Wildman–Crippen MR) is 77.0 cm³/mol. The van der Waals surface area contributed by atoms with Crippen molar-refractivity contribution in [2.75, 3.05) is 6.54 Å². The number of rotatable bonds is 4. The van der Waals surface area contributed by atoms with Gasteiger partial charge in [-0.1, -0.05) is 12.1 Å². The molecule has 0 radical (unpaired) electrons. The molecule has 7 nitrogen and oxygen atoms in total. The lowest BCUT2D eigenvalue weighted by Crippen LogP contribution is -2.45. The minimum absolute atomic E-state index is 0. The molecule has 3 N–H and O–H groups in total. The summed E-state index contributed by atoms with van der Waals surface area (Å²) in [4.78, 5) is 12.2. The van der Waals surface area contributed by atoms with Gasteiger partial charge in [0.1, 0.15) is 6.33 Å². The Hall–Kier alpha value is -1.99. The topological polar surface area (TPSA) is 98.7 Å². The number of aromatic nitrogens is 4. The van der Waals surface area contributed by atoms with Crippen molar-refractivity contribution in [3.8, 4) is 5.69 Å². The van der Waals surface area contributed by atoms with Gasteiger partial charge in [-0.3, -0.25) is 4.79 Å². The van der Waals surface area contributed by atoms with Crippen molar-refractivity contribution < 1.29 is 4.79 Å². The number of nitrogens with one attached hydrogen (secondary N) is 1. The van der Waals surface area contributed by atoms with E-state index >= 15 is 0 Å². The molecule has 0 aliphatic rings. The number of carbonyl (C=O) groups excluding carboxylic acids is 1. The van der Waals surface area contributed by atoms with Gasteiger partial charge in [-0.2, -0.15) is 4.68 Å². The van der Waals surface area contributed by atoms with Gasteiger partial charge in [0.15, 0.2) is 0 Å². The lowest BCUT2D eigenvalue weighted by atomic mass is 10.1. The van der Waals surface area contributed by atoms with Gasteiger partial charge in [-0.05, 0) is 36.4 Å². The Morgan fingerprint density at radius 2 is 2.10 bits per heavy atom. The number of tetrazole rings is 1. The van der Waals surface area contributed by atoms with Crippen LogP contribution in [-0.4, -0.2) is 38.2 Å². The highest BCUT2D eigenvalue weighted by atomic mass is 35.5. The molecule has 108 valence electrons. The lowest BCUT2D eigenvalue weighted by molar-refractivity contribution is 0.0946. The number of hydrogen-bond donors (Lipinski definition) is 2. The maximum absolute atomic E-state index is 12.2. The van der Waals surface area contributed by atoms with Crippen LogP contribution in [0.15, 0.2) is 30.6 Å². The van der Waals surface area contributed by atoms with Gasteiger partial charge < -0.3 is 11.1 Å². The molecule has 0 saturated heterocycles. The molecule has 0 fully saturated rings. The number of carbonyl (C=O) groups is 1. The highest BCUT2D eigenvalue weighted by Crippen LogP contribution is 2.12. The fourth-order valence-electron chi connectivity index (χ4n) is 1.54. The van der Waals surface area contributed by atoms with E-state index in [1.54, 1.807) is 18.2 Å². The molecule has 0 saturated carbocycles. The number of amides is 1. The first-order chi connectivity index (χ1) is 8.97. The van der Waals surface area contributed by atoms with Crippen molar-refractivity contribution in [1.82, 2.24) is 25.5 Å². The standard InChI is InChI=1S/C12H16N6O.ClH/c1-12(2,13)7-14-11(19)9-5-3-4-6-10(9)18-8-15-16-17-18;/h3-6,8H,7,13H2,1-2H3,(H,14,19);1H. The van der Waals surface area contributed by atoms with E-state index in [4.69, 9.17) is 5.73 Å². The van der Waals surface area contributed by atoms with E-state index in [9.17, 15) is 4.79 Å². The average molecular weight is 297 g/mol. The summed E-state index contributed by atoms with van der Waals surface area (Å²) in [6, 6.07) is 7.10. The van der Waals surface area contributed by atoms with E-state index in [1.807, 2.05) is 19.9 Å². The zero-order valence-corrected chi connectivity index (χ0v) is 12.1. The number of nitrogens with two attached hydrogens (primary N) is 1. The predicted octanol–water partition coefficient (Wildman–Crippen LogP) is 0.551. The van der Waals surface area contributed by atoms with E-state index < -0.39 is 5.54 Å². The second-order valence-electron chi connectivity index (χ2n) is 4.94. The second kappa shape index (κ2) is 6.44. The summed E-state index contributed by atoms with van der Waals surface area (Å²) in [5, 5.41) is 13.7. The van der Waals surface area contributed by atoms with Gasteiger partial charge in [-0.15, -0.1) is 17.5 Å². The minimum atomic E-state index is -0.459. The van der Waals surface area contributed by atoms with E-state index in [0.717, 1.165) is 0 Å². The molecule has 8 heteroatoms. The summed E-state index contributed by atoms with van der Waals surface area (Å²) in [7, 11) is 0. The quantitative estimate of drug-likeness (QED) is 0.858. The largest absolute Gasteiger partial charge is 0.350 e. The Morgan fingerprint density at radius 1 is 1.40 bits per heavy atom. The molecule has 2 rings (SSSR count). The third-order valence-electron chi connectivity index (χ3n) is 2.45. The van der Waals surface area contributed by atoms with Crippen molar-refractivity contribution in [3.63, 3.8) is 0 Å². The maximum atomic E-state index is 12.2. The first-order valence-electron chi connectivity index (χ1n) is 5.87. The highest BCUT2D eigenvalue weighted by Gasteiger charge is 2.16. The Morgan fingerprint density at radius 3 is 2.70 bits per heavy atom. The average Bonchev–Trinajstić information content (AvgIpc) is 2.89. The highest BCUT2D eigenvalue weighted by molar-refractivity contribution is 5.97. The van der Waals surface area contributed by atoms with Crippen molar-refractivity contribution in [2.24, 2.45) is 5.73 Å². The Balaban J connectivity index is 0.00000200. The number of para-hydroxylation sites is 1. The molecule has 1 heterocycles. The minimum Gasteiger partial charge on any atom is -0.350 e. The van der Waals surface area contributed by atoms with E-state index in [2.05, 4.69) is 20.8 Å². The molecule has 0 spiro atoms. The van der Waals surface area contributed by atoms with Crippen LogP contribution in [-0.2, 0) is 0 Å². The monoisotopic (exact) mass is 296 g/mol. The van der Waals surface area contributed by atoms with Crippen molar-refractivity contribution in [3.05, 3.63) is 36.2 Å². The first-order valence-corrected chi connectivity index (χ1v) is 5.87. The number of benzene rings is 1. The van der Waals surface area contributed by atoms with Gasteiger partial charge >= 0.3 is 0 Å². The van der Waals surface area contributed by atoms with Crippen LogP contribution in [0.5, 0.6) is 0 Å². The molecule has 2 aromatic rings. The molecule has 0 aliphatic heterocycles. The van der Waals surface area contributed by atoms with Crippen LogP contribution < -0.4 is 11.1 Å². The SMILES string of the molecule is CC(C)(N)CNC(=O)c1ccccc1-n1cnnn1.Cl. The summed E-state index contributed by atoms with van der Waals surface area (Å²) in [5.74, 6) is -0.204. The van der Waals surface area contributed by atoms with Crippen LogP contribution in [0.2, 0.25) is 0 Å². The fraction of sp³-hybridized carbons (Fsp3) is 0.333. The van der Waals surface area contributed by atoms with Crippen molar-refractivity contribution in [1.29, 1.82) is 0 Å². The zero-order valence-electron chi connectivity index (χ0n) is 11.3. The molecule has 1 aromatic heterocycles. The van der Waals surface area contributed by atoms with Gasteiger partial charge in [0, 0.05) is 12.1 Å². The van der Waals surface area contributed by atoms with Gasteiger partial charge in [-0.25, -0.2) is 0 Å². The molecular formula is C12H17ClN6O. The Kier molecular flexibility index (Phi) is 5.18. The van der Waals surface area contributed by atoms with Gasteiger partial charge in [0.05, 0.1) is 11.3 Å². The summed E-state index contributed by atoms with van der Waals surface area (Å²) < 4.78 is 1.45. The van der Waals surface area contributed by atoms with Crippen LogP contribution in [0.3, 0.4) is 0 Å². The van der Waals surface area contributed by atoms with Crippen LogP contribution in [0.25, 0.3) is 5.69 Å². The van der Waals surface area contributed by atoms with Crippen molar-refractivity contribution >= 4 is 18.3 Å². The number of halogens is 1.